The highest BCUT2D eigenvalue weighted by Crippen LogP contribution is 2.44. The Hall–Kier alpha value is -6.44. The van der Waals surface area contributed by atoms with Crippen LogP contribution in [0.2, 0.25) is 0 Å². The van der Waals surface area contributed by atoms with Crippen LogP contribution in [0.25, 0.3) is 22.6 Å². The number of hydrogen-bond acceptors (Lipinski definition) is 13. The number of carbonyl (C=O) groups excluding carboxylic acids is 1. The highest BCUT2D eigenvalue weighted by molar-refractivity contribution is 6.02. The van der Waals surface area contributed by atoms with Crippen LogP contribution in [0, 0.1) is 0 Å². The molecule has 1 amide bonds. The zero-order valence-corrected chi connectivity index (χ0v) is 30.5. The lowest BCUT2D eigenvalue weighted by molar-refractivity contribution is 0.0935. The Morgan fingerprint density at radius 3 is 1.89 bits per heavy atom. The van der Waals surface area contributed by atoms with Crippen molar-refractivity contribution < 1.29 is 51.9 Å². The minimum absolute atomic E-state index is 0.204. The number of benzene rings is 4. The van der Waals surface area contributed by atoms with Crippen LogP contribution in [0.4, 0.5) is 5.69 Å². The molecule has 0 fully saturated rings. The van der Waals surface area contributed by atoms with E-state index in [9.17, 15) is 4.79 Å². The zero-order valence-electron chi connectivity index (χ0n) is 30.5. The van der Waals surface area contributed by atoms with Gasteiger partial charge in [0.1, 0.15) is 17.6 Å². The third-order valence-corrected chi connectivity index (χ3v) is 8.58. The maximum Gasteiger partial charge on any atom is 0.255 e. The Kier molecular flexibility index (Phi) is 11.2. The molecular weight excluding hydrogens is 686 g/mol. The van der Waals surface area contributed by atoms with Crippen LogP contribution in [-0.4, -0.2) is 74.0 Å². The van der Waals surface area contributed by atoms with Crippen LogP contribution in [0.5, 0.6) is 51.7 Å². The minimum atomic E-state index is -0.455. The van der Waals surface area contributed by atoms with E-state index in [1.54, 1.807) is 92.2 Å². The van der Waals surface area contributed by atoms with Crippen LogP contribution in [-0.2, 0) is 0 Å². The number of nitrogens with zero attached hydrogens (tertiary/aromatic N) is 1. The minimum Gasteiger partial charge on any atom is -0.497 e. The average molecular weight is 728 g/mol. The van der Waals surface area contributed by atoms with Gasteiger partial charge in [0, 0.05) is 29.3 Å². The fraction of sp³-hybridized carbons (Fsp3) is 0.282. The van der Waals surface area contributed by atoms with E-state index in [1.165, 1.54) is 0 Å². The van der Waals surface area contributed by atoms with Gasteiger partial charge in [-0.05, 0) is 60.2 Å². The van der Waals surface area contributed by atoms with Crippen LogP contribution in [0.1, 0.15) is 28.5 Å². The number of ether oxygens (including phenoxy) is 9. The summed E-state index contributed by atoms with van der Waals surface area (Å²) in [6.45, 7) is 0.651. The topological polar surface area (TPSA) is 150 Å². The van der Waals surface area contributed by atoms with Crippen molar-refractivity contribution in [2.75, 3.05) is 68.3 Å². The van der Waals surface area contributed by atoms with E-state index in [1.807, 2.05) is 24.3 Å². The van der Waals surface area contributed by atoms with E-state index in [4.69, 9.17) is 47.2 Å². The summed E-state index contributed by atoms with van der Waals surface area (Å²) in [5, 5.41) is 10.6. The molecule has 4 aromatic carbocycles. The number of anilines is 1. The summed E-state index contributed by atoms with van der Waals surface area (Å²) >= 11 is 0. The molecule has 2 N–H and O–H groups in total. The van der Waals surface area contributed by atoms with Gasteiger partial charge in [0.25, 0.3) is 5.91 Å². The number of nitrogens with one attached hydrogen (secondary N) is 2. The van der Waals surface area contributed by atoms with Gasteiger partial charge in [0.15, 0.2) is 40.3 Å². The number of aromatic nitrogens is 1. The summed E-state index contributed by atoms with van der Waals surface area (Å²) in [5.74, 6) is 4.80. The van der Waals surface area contributed by atoms with Crippen molar-refractivity contribution in [1.29, 1.82) is 0 Å². The molecule has 2 heterocycles. The van der Waals surface area contributed by atoms with E-state index in [2.05, 4.69) is 15.8 Å². The van der Waals surface area contributed by atoms with Crippen LogP contribution in [0.3, 0.4) is 0 Å². The summed E-state index contributed by atoms with van der Waals surface area (Å²) in [7, 11) is 10.9. The van der Waals surface area contributed by atoms with Gasteiger partial charge in [0.2, 0.25) is 11.5 Å². The largest absolute Gasteiger partial charge is 0.497 e. The maximum absolute atomic E-state index is 12.8. The SMILES string of the molecule is COc1ccc2c(c1)C(=O)NC(c1ccc(OCCCOc3c(OC)cc(-c4cc(-c5cc(OC)c(OC)c(OC)c5)on4)cc3OC)c(OC)c1)N2. The molecule has 0 spiro atoms. The number of hydrogen-bond donors (Lipinski definition) is 2. The predicted molar refractivity (Wildman–Crippen MR) is 196 cm³/mol. The van der Waals surface area contributed by atoms with Crippen LogP contribution in [0.15, 0.2) is 71.3 Å². The van der Waals surface area contributed by atoms with Gasteiger partial charge in [-0.3, -0.25) is 4.79 Å². The molecule has 1 atom stereocenters. The smallest absolute Gasteiger partial charge is 0.255 e. The summed E-state index contributed by atoms with van der Waals surface area (Å²) in [4.78, 5) is 12.8. The van der Waals surface area contributed by atoms with Gasteiger partial charge in [-0.2, -0.15) is 0 Å². The normalized spacial score (nSPS) is 13.2. The Balaban J connectivity index is 1.09. The van der Waals surface area contributed by atoms with E-state index >= 15 is 0 Å². The monoisotopic (exact) mass is 727 g/mol. The number of carbonyl (C=O) groups is 1. The summed E-state index contributed by atoms with van der Waals surface area (Å²) in [6.07, 6.45) is 0.0880. The van der Waals surface area contributed by atoms with E-state index in [-0.39, 0.29) is 5.91 Å². The zero-order chi connectivity index (χ0) is 37.5. The second-order valence-electron chi connectivity index (χ2n) is 11.6. The number of rotatable bonds is 16. The molecule has 1 aliphatic rings. The van der Waals surface area contributed by atoms with Crippen molar-refractivity contribution in [1.82, 2.24) is 10.5 Å². The quantitative estimate of drug-likeness (QED) is 0.103. The second kappa shape index (κ2) is 16.3. The third-order valence-electron chi connectivity index (χ3n) is 8.58. The molecule has 6 rings (SSSR count). The van der Waals surface area contributed by atoms with Crippen LogP contribution >= 0.6 is 0 Å². The highest BCUT2D eigenvalue weighted by Gasteiger charge is 2.26. The molecule has 0 saturated heterocycles. The van der Waals surface area contributed by atoms with Crippen molar-refractivity contribution in [2.24, 2.45) is 0 Å². The lowest BCUT2D eigenvalue weighted by atomic mass is 10.0. The van der Waals surface area contributed by atoms with Crippen molar-refractivity contribution in [3.63, 3.8) is 0 Å². The Morgan fingerprint density at radius 2 is 1.25 bits per heavy atom. The molecule has 14 heteroatoms. The molecule has 0 saturated carbocycles. The molecule has 1 aromatic heterocycles. The van der Waals surface area contributed by atoms with Gasteiger partial charge >= 0.3 is 0 Å². The second-order valence-corrected chi connectivity index (χ2v) is 11.6. The van der Waals surface area contributed by atoms with E-state index in [0.717, 1.165) is 5.56 Å². The van der Waals surface area contributed by atoms with Gasteiger partial charge < -0.3 is 57.8 Å². The number of methoxy groups -OCH3 is 7. The van der Waals surface area contributed by atoms with Crippen molar-refractivity contribution in [3.8, 4) is 74.3 Å². The first-order chi connectivity index (χ1) is 25.8. The molecular formula is C39H41N3O11. The van der Waals surface area contributed by atoms with Gasteiger partial charge in [-0.1, -0.05) is 11.2 Å². The molecule has 14 nitrogen and oxygen atoms in total. The van der Waals surface area contributed by atoms with Crippen molar-refractivity contribution in [3.05, 3.63) is 77.9 Å². The summed E-state index contributed by atoms with van der Waals surface area (Å²) in [5.41, 5.74) is 3.96. The maximum atomic E-state index is 12.8. The number of fused-ring (bicyclic) bond motifs is 1. The van der Waals surface area contributed by atoms with E-state index < -0.39 is 6.17 Å². The third kappa shape index (κ3) is 7.61. The Bertz CT molecular complexity index is 2030. The molecule has 53 heavy (non-hydrogen) atoms. The molecule has 0 aliphatic carbocycles. The first kappa shape index (κ1) is 36.4. The fourth-order valence-electron chi connectivity index (χ4n) is 5.87. The Labute approximate surface area is 306 Å². The van der Waals surface area contributed by atoms with Gasteiger partial charge in [-0.15, -0.1) is 0 Å². The first-order valence-corrected chi connectivity index (χ1v) is 16.6. The lowest BCUT2D eigenvalue weighted by Crippen LogP contribution is -2.38. The standard InChI is InChI=1S/C39H41N3O11/c1-44-25-10-11-27-26(20-25)39(43)41-38(40-27)22-9-12-29(31(15-22)45-2)51-13-8-14-52-37-34(48-5)16-23(17-35(37)49-6)28-21-30(53-42-28)24-18-32(46-3)36(50-7)33(19-24)47-4/h9-12,15-21,38,40H,8,13-14H2,1-7H3,(H,41,43). The molecule has 0 radical (unpaired) electrons. The first-order valence-electron chi connectivity index (χ1n) is 16.6. The Morgan fingerprint density at radius 1 is 0.604 bits per heavy atom. The molecule has 278 valence electrons. The van der Waals surface area contributed by atoms with E-state index in [0.29, 0.717) is 105 Å². The lowest BCUT2D eigenvalue weighted by Gasteiger charge is -2.28. The van der Waals surface area contributed by atoms with Gasteiger partial charge in [-0.25, -0.2) is 0 Å². The molecule has 1 aliphatic heterocycles. The summed E-state index contributed by atoms with van der Waals surface area (Å²) in [6, 6.07) is 19.8. The van der Waals surface area contributed by atoms with Gasteiger partial charge in [0.05, 0.1) is 68.5 Å². The molecule has 0 bridgehead atoms. The fourth-order valence-corrected chi connectivity index (χ4v) is 5.87. The van der Waals surface area contributed by atoms with Crippen LogP contribution < -0.4 is 53.3 Å². The predicted octanol–water partition coefficient (Wildman–Crippen LogP) is 6.77. The number of amides is 1. The summed E-state index contributed by atoms with van der Waals surface area (Å²) < 4.78 is 56.5. The molecule has 1 unspecified atom stereocenters. The average Bonchev–Trinajstić information content (AvgIpc) is 3.70. The van der Waals surface area contributed by atoms with Crippen molar-refractivity contribution in [2.45, 2.75) is 12.6 Å². The van der Waals surface area contributed by atoms with Crippen molar-refractivity contribution >= 4 is 11.6 Å². The highest BCUT2D eigenvalue weighted by atomic mass is 16.5. The molecule has 5 aromatic rings.